The highest BCUT2D eigenvalue weighted by Crippen LogP contribution is 2.33. The van der Waals surface area contributed by atoms with Gasteiger partial charge in [0, 0.05) is 12.6 Å². The van der Waals surface area contributed by atoms with Crippen molar-refractivity contribution < 1.29 is 13.2 Å². The highest BCUT2D eigenvalue weighted by Gasteiger charge is 2.49. The largest absolute Gasteiger partial charge is 0.371 e. The van der Waals surface area contributed by atoms with Gasteiger partial charge in [0.2, 0.25) is 0 Å². The van der Waals surface area contributed by atoms with E-state index in [1.165, 1.54) is 0 Å². The number of rotatable bonds is 1. The molecule has 2 fully saturated rings. The van der Waals surface area contributed by atoms with E-state index in [1.54, 1.807) is 0 Å². The van der Waals surface area contributed by atoms with Crippen molar-refractivity contribution in [2.45, 2.75) is 31.4 Å². The van der Waals surface area contributed by atoms with Gasteiger partial charge < -0.3 is 10.1 Å². The first-order chi connectivity index (χ1) is 6.58. The predicted molar refractivity (Wildman–Crippen MR) is 54.0 cm³/mol. The minimum atomic E-state index is -2.86. The number of morpholine rings is 1. The zero-order valence-corrected chi connectivity index (χ0v) is 9.27. The van der Waals surface area contributed by atoms with E-state index in [-0.39, 0.29) is 17.5 Å². The first kappa shape index (κ1) is 10.4. The summed E-state index contributed by atoms with van der Waals surface area (Å²) in [5.74, 6) is 0.483. The van der Waals surface area contributed by atoms with Crippen molar-refractivity contribution in [3.05, 3.63) is 0 Å². The summed E-state index contributed by atoms with van der Waals surface area (Å²) in [5.41, 5.74) is -0.425. The number of nitrogens with one attached hydrogen (secondary N) is 1. The Balaban J connectivity index is 2.21. The Morgan fingerprint density at radius 3 is 2.93 bits per heavy atom. The van der Waals surface area contributed by atoms with Crippen molar-refractivity contribution in [3.63, 3.8) is 0 Å². The Morgan fingerprint density at radius 2 is 2.36 bits per heavy atom. The van der Waals surface area contributed by atoms with Gasteiger partial charge in [0.15, 0.2) is 9.84 Å². The summed E-state index contributed by atoms with van der Waals surface area (Å²) >= 11 is 0. The van der Waals surface area contributed by atoms with Gasteiger partial charge in [0.05, 0.1) is 23.7 Å². The van der Waals surface area contributed by atoms with Crippen LogP contribution in [0.3, 0.4) is 0 Å². The molecule has 0 amide bonds. The summed E-state index contributed by atoms with van der Waals surface area (Å²) in [4.78, 5) is 0. The normalized spacial score (nSPS) is 41.6. The lowest BCUT2D eigenvalue weighted by atomic mass is 9.90. The molecule has 2 saturated heterocycles. The predicted octanol–water partition coefficient (Wildman–Crippen LogP) is -0.0579. The standard InChI is InChI=1S/C9H17NO3S/c1-2-8-9(13-5-4-10-8)3-6-14(11,12)7-9/h8,10H,2-7H2,1H3. The molecule has 4 nitrogen and oxygen atoms in total. The summed E-state index contributed by atoms with van der Waals surface area (Å²) in [7, 11) is -2.86. The monoisotopic (exact) mass is 219 g/mol. The van der Waals surface area contributed by atoms with E-state index in [0.29, 0.717) is 13.0 Å². The molecule has 2 rings (SSSR count). The maximum absolute atomic E-state index is 11.5. The van der Waals surface area contributed by atoms with Crippen LogP contribution >= 0.6 is 0 Å². The smallest absolute Gasteiger partial charge is 0.153 e. The van der Waals surface area contributed by atoms with Crippen LogP contribution in [0.2, 0.25) is 0 Å². The molecule has 0 aromatic heterocycles. The molecule has 0 bridgehead atoms. The molecule has 2 unspecified atom stereocenters. The maximum Gasteiger partial charge on any atom is 0.153 e. The van der Waals surface area contributed by atoms with Crippen molar-refractivity contribution >= 4 is 9.84 Å². The zero-order chi connectivity index (χ0) is 10.2. The number of ether oxygens (including phenoxy) is 1. The molecule has 2 heterocycles. The van der Waals surface area contributed by atoms with E-state index in [0.717, 1.165) is 13.0 Å². The van der Waals surface area contributed by atoms with Gasteiger partial charge >= 0.3 is 0 Å². The Labute approximate surface area is 84.9 Å². The lowest BCUT2D eigenvalue weighted by Crippen LogP contribution is -2.58. The Morgan fingerprint density at radius 1 is 1.57 bits per heavy atom. The van der Waals surface area contributed by atoms with Crippen LogP contribution in [0, 0.1) is 0 Å². The van der Waals surface area contributed by atoms with Gasteiger partial charge in [-0.05, 0) is 12.8 Å². The maximum atomic E-state index is 11.5. The lowest BCUT2D eigenvalue weighted by Gasteiger charge is -2.40. The van der Waals surface area contributed by atoms with Crippen molar-refractivity contribution in [2.24, 2.45) is 0 Å². The average Bonchev–Trinajstić information content (AvgIpc) is 2.44. The topological polar surface area (TPSA) is 55.4 Å². The fourth-order valence-electron chi connectivity index (χ4n) is 2.52. The zero-order valence-electron chi connectivity index (χ0n) is 8.45. The minimum Gasteiger partial charge on any atom is -0.371 e. The Bertz CT molecular complexity index is 314. The van der Waals surface area contributed by atoms with Crippen LogP contribution in [-0.2, 0) is 14.6 Å². The molecule has 5 heteroatoms. The molecular weight excluding hydrogens is 202 g/mol. The molecule has 1 N–H and O–H groups in total. The highest BCUT2D eigenvalue weighted by molar-refractivity contribution is 7.91. The van der Waals surface area contributed by atoms with Crippen LogP contribution in [0.5, 0.6) is 0 Å². The molecule has 0 radical (unpaired) electrons. The molecule has 0 aromatic rings. The van der Waals surface area contributed by atoms with Crippen molar-refractivity contribution in [1.29, 1.82) is 0 Å². The van der Waals surface area contributed by atoms with Gasteiger partial charge in [-0.15, -0.1) is 0 Å². The molecule has 2 aliphatic heterocycles. The fourth-order valence-corrected chi connectivity index (χ4v) is 4.50. The molecule has 2 atom stereocenters. The fraction of sp³-hybridized carbons (Fsp3) is 1.00. The second kappa shape index (κ2) is 3.47. The van der Waals surface area contributed by atoms with E-state index in [9.17, 15) is 8.42 Å². The summed E-state index contributed by atoms with van der Waals surface area (Å²) < 4.78 is 28.6. The van der Waals surface area contributed by atoms with Crippen molar-refractivity contribution in [1.82, 2.24) is 5.32 Å². The number of hydrogen-bond donors (Lipinski definition) is 1. The quantitative estimate of drug-likeness (QED) is 0.671. The third-order valence-corrected chi connectivity index (χ3v) is 4.98. The van der Waals surface area contributed by atoms with Crippen molar-refractivity contribution in [3.8, 4) is 0 Å². The second-order valence-electron chi connectivity index (χ2n) is 4.17. The van der Waals surface area contributed by atoms with Crippen LogP contribution in [0.1, 0.15) is 19.8 Å². The molecule has 0 aromatic carbocycles. The molecule has 0 aliphatic carbocycles. The molecule has 2 aliphatic rings. The van der Waals surface area contributed by atoms with E-state index < -0.39 is 15.4 Å². The minimum absolute atomic E-state index is 0.200. The molecular formula is C9H17NO3S. The first-order valence-corrected chi connectivity index (χ1v) is 6.98. The van der Waals surface area contributed by atoms with Crippen LogP contribution in [0.15, 0.2) is 0 Å². The summed E-state index contributed by atoms with van der Waals surface area (Å²) in [6.07, 6.45) is 1.58. The van der Waals surface area contributed by atoms with Crippen LogP contribution in [0.25, 0.3) is 0 Å². The summed E-state index contributed by atoms with van der Waals surface area (Å²) in [5, 5.41) is 3.35. The third kappa shape index (κ3) is 1.68. The van der Waals surface area contributed by atoms with Crippen molar-refractivity contribution in [2.75, 3.05) is 24.7 Å². The molecule has 0 saturated carbocycles. The van der Waals surface area contributed by atoms with Gasteiger partial charge in [0.1, 0.15) is 0 Å². The van der Waals surface area contributed by atoms with E-state index in [1.807, 2.05) is 0 Å². The van der Waals surface area contributed by atoms with Gasteiger partial charge in [0.25, 0.3) is 0 Å². The Kier molecular flexibility index (Phi) is 2.57. The molecule has 82 valence electrons. The van der Waals surface area contributed by atoms with E-state index in [4.69, 9.17) is 4.74 Å². The highest BCUT2D eigenvalue weighted by atomic mass is 32.2. The third-order valence-electron chi connectivity index (χ3n) is 3.23. The number of hydrogen-bond acceptors (Lipinski definition) is 4. The average molecular weight is 219 g/mol. The summed E-state index contributed by atoms with van der Waals surface area (Å²) in [6.45, 7) is 3.53. The SMILES string of the molecule is CCC1NCCOC12CCS(=O)(=O)C2. The molecule has 14 heavy (non-hydrogen) atoms. The van der Waals surface area contributed by atoms with Crippen LogP contribution in [-0.4, -0.2) is 44.7 Å². The first-order valence-electron chi connectivity index (χ1n) is 5.16. The van der Waals surface area contributed by atoms with E-state index >= 15 is 0 Å². The van der Waals surface area contributed by atoms with E-state index in [2.05, 4.69) is 12.2 Å². The van der Waals surface area contributed by atoms with Crippen LogP contribution in [0.4, 0.5) is 0 Å². The lowest BCUT2D eigenvalue weighted by molar-refractivity contribution is -0.0792. The Hall–Kier alpha value is -0.130. The van der Waals surface area contributed by atoms with Gasteiger partial charge in [-0.25, -0.2) is 8.42 Å². The summed E-state index contributed by atoms with van der Waals surface area (Å²) in [6, 6.07) is 0.202. The van der Waals surface area contributed by atoms with Crippen LogP contribution < -0.4 is 5.32 Å². The number of sulfone groups is 1. The molecule has 1 spiro atoms. The van der Waals surface area contributed by atoms with Gasteiger partial charge in [-0.2, -0.15) is 0 Å². The van der Waals surface area contributed by atoms with Gasteiger partial charge in [-0.1, -0.05) is 6.92 Å². The second-order valence-corrected chi connectivity index (χ2v) is 6.35. The van der Waals surface area contributed by atoms with Gasteiger partial charge in [-0.3, -0.25) is 0 Å².